The molecular weight excluding hydrogens is 444 g/mol. The van der Waals surface area contributed by atoms with E-state index in [1.54, 1.807) is 42.5 Å². The van der Waals surface area contributed by atoms with Gasteiger partial charge in [0.05, 0.1) is 24.3 Å². The molecule has 3 aromatic carbocycles. The Balaban J connectivity index is 1.47. The van der Waals surface area contributed by atoms with Crippen LogP contribution in [0, 0.1) is 11.6 Å². The van der Waals surface area contributed by atoms with Gasteiger partial charge in [0.2, 0.25) is 5.91 Å². The van der Waals surface area contributed by atoms with Crippen molar-refractivity contribution in [3.8, 4) is 22.8 Å². The second kappa shape index (κ2) is 8.93. The molecule has 5 rings (SSSR count). The molecule has 1 aliphatic heterocycles. The van der Waals surface area contributed by atoms with E-state index in [-0.39, 0.29) is 17.8 Å². The summed E-state index contributed by atoms with van der Waals surface area (Å²) in [5, 5.41) is 7.82. The average molecular weight is 463 g/mol. The maximum atomic E-state index is 13.9. The van der Waals surface area contributed by atoms with Crippen LogP contribution in [0.15, 0.2) is 65.5 Å². The molecule has 1 amide bonds. The van der Waals surface area contributed by atoms with Gasteiger partial charge in [0.25, 0.3) is 5.56 Å². The molecule has 4 aromatic rings. The van der Waals surface area contributed by atoms with Crippen LogP contribution in [0.25, 0.3) is 22.0 Å². The number of nitrogens with one attached hydrogen (secondary N) is 1. The molecule has 0 aliphatic carbocycles. The van der Waals surface area contributed by atoms with Gasteiger partial charge in [0, 0.05) is 29.1 Å². The highest BCUT2D eigenvalue weighted by Crippen LogP contribution is 2.32. The summed E-state index contributed by atoms with van der Waals surface area (Å²) in [7, 11) is 0. The number of anilines is 1. The highest BCUT2D eigenvalue weighted by Gasteiger charge is 2.17. The predicted molar refractivity (Wildman–Crippen MR) is 122 cm³/mol. The molecule has 0 fully saturated rings. The summed E-state index contributed by atoms with van der Waals surface area (Å²) in [5.41, 5.74) is 0.546. The van der Waals surface area contributed by atoms with E-state index < -0.39 is 23.1 Å². The van der Waals surface area contributed by atoms with Crippen LogP contribution in [-0.4, -0.2) is 28.9 Å². The summed E-state index contributed by atoms with van der Waals surface area (Å²) in [5.74, 6) is -1.39. The molecule has 0 saturated carbocycles. The molecule has 7 nitrogen and oxygen atoms in total. The van der Waals surface area contributed by atoms with Gasteiger partial charge in [-0.1, -0.05) is 18.2 Å². The van der Waals surface area contributed by atoms with Gasteiger partial charge < -0.3 is 14.8 Å². The van der Waals surface area contributed by atoms with Crippen LogP contribution in [0.4, 0.5) is 14.5 Å². The van der Waals surface area contributed by atoms with Gasteiger partial charge >= 0.3 is 0 Å². The molecule has 1 aromatic heterocycles. The fourth-order valence-corrected chi connectivity index (χ4v) is 3.78. The van der Waals surface area contributed by atoms with E-state index in [2.05, 4.69) is 10.4 Å². The molecule has 172 valence electrons. The monoisotopic (exact) mass is 463 g/mol. The maximum absolute atomic E-state index is 13.9. The second-order valence-electron chi connectivity index (χ2n) is 7.75. The van der Waals surface area contributed by atoms with Gasteiger partial charge in [-0.25, -0.2) is 13.5 Å². The minimum absolute atomic E-state index is 0.262. The predicted octanol–water partition coefficient (Wildman–Crippen LogP) is 4.14. The fourth-order valence-electron chi connectivity index (χ4n) is 3.78. The van der Waals surface area contributed by atoms with Gasteiger partial charge in [-0.3, -0.25) is 9.59 Å². The molecule has 1 N–H and O–H groups in total. The lowest BCUT2D eigenvalue weighted by Crippen LogP contribution is -2.30. The van der Waals surface area contributed by atoms with Crippen molar-refractivity contribution in [1.29, 1.82) is 0 Å². The molecule has 9 heteroatoms. The number of fused-ring (bicyclic) bond motifs is 2. The van der Waals surface area contributed by atoms with E-state index in [9.17, 15) is 18.4 Å². The number of aromatic nitrogens is 2. The van der Waals surface area contributed by atoms with E-state index in [4.69, 9.17) is 9.47 Å². The quantitative estimate of drug-likeness (QED) is 0.492. The van der Waals surface area contributed by atoms with Crippen molar-refractivity contribution in [2.24, 2.45) is 0 Å². The molecular formula is C25H19F2N3O4. The Morgan fingerprint density at radius 1 is 0.941 bits per heavy atom. The van der Waals surface area contributed by atoms with Crippen molar-refractivity contribution in [3.63, 3.8) is 0 Å². The third-order valence-corrected chi connectivity index (χ3v) is 5.39. The van der Waals surface area contributed by atoms with E-state index in [0.29, 0.717) is 41.2 Å². The van der Waals surface area contributed by atoms with Gasteiger partial charge in [-0.15, -0.1) is 0 Å². The van der Waals surface area contributed by atoms with Gasteiger partial charge in [-0.05, 0) is 36.4 Å². The number of rotatable bonds is 4. The molecule has 0 saturated heterocycles. The summed E-state index contributed by atoms with van der Waals surface area (Å²) in [6.45, 7) is 0.678. The third-order valence-electron chi connectivity index (χ3n) is 5.39. The SMILES string of the molecule is O=C(Cn1nc(-c2ccc(F)c(F)c2)c2ccccc2c1=O)Nc1ccc2c(c1)OCCCO2. The van der Waals surface area contributed by atoms with Crippen molar-refractivity contribution < 1.29 is 23.0 Å². The van der Waals surface area contributed by atoms with Crippen LogP contribution in [-0.2, 0) is 11.3 Å². The first kappa shape index (κ1) is 21.6. The molecule has 0 atom stereocenters. The number of nitrogens with zero attached hydrogens (tertiary/aromatic N) is 2. The molecule has 0 bridgehead atoms. The normalized spacial score (nSPS) is 12.9. The number of halogens is 2. The molecule has 0 unspecified atom stereocenters. The second-order valence-corrected chi connectivity index (χ2v) is 7.75. The number of hydrogen-bond acceptors (Lipinski definition) is 5. The van der Waals surface area contributed by atoms with E-state index >= 15 is 0 Å². The standard InChI is InChI=1S/C25H19F2N3O4/c26-19-8-6-15(12-20(19)27)24-17-4-1-2-5-18(17)25(32)30(29-24)14-23(31)28-16-7-9-21-22(13-16)34-11-3-10-33-21/h1-2,4-9,12-13H,3,10-11,14H2,(H,28,31). The Kier molecular flexibility index (Phi) is 5.67. The van der Waals surface area contributed by atoms with Gasteiger partial charge in [-0.2, -0.15) is 5.10 Å². The summed E-state index contributed by atoms with van der Waals surface area (Å²) < 4.78 is 39.6. The van der Waals surface area contributed by atoms with Crippen LogP contribution in [0.5, 0.6) is 11.5 Å². The number of carbonyl (C=O) groups is 1. The van der Waals surface area contributed by atoms with E-state index in [0.717, 1.165) is 23.2 Å². The van der Waals surface area contributed by atoms with Gasteiger partial charge in [0.1, 0.15) is 6.54 Å². The van der Waals surface area contributed by atoms with Crippen molar-refractivity contribution >= 4 is 22.4 Å². The molecule has 0 spiro atoms. The van der Waals surface area contributed by atoms with Crippen molar-refractivity contribution in [2.45, 2.75) is 13.0 Å². The first-order valence-electron chi connectivity index (χ1n) is 10.6. The van der Waals surface area contributed by atoms with Crippen molar-refractivity contribution in [1.82, 2.24) is 9.78 Å². The summed E-state index contributed by atoms with van der Waals surface area (Å²) >= 11 is 0. The zero-order chi connectivity index (χ0) is 23.7. The average Bonchev–Trinajstić information content (AvgIpc) is 3.08. The minimum Gasteiger partial charge on any atom is -0.490 e. The fraction of sp³-hybridized carbons (Fsp3) is 0.160. The van der Waals surface area contributed by atoms with Crippen LogP contribution >= 0.6 is 0 Å². The van der Waals surface area contributed by atoms with E-state index in [1.807, 2.05) is 0 Å². The smallest absolute Gasteiger partial charge is 0.275 e. The number of benzene rings is 3. The maximum Gasteiger partial charge on any atom is 0.275 e. The zero-order valence-corrected chi connectivity index (χ0v) is 17.9. The number of ether oxygens (including phenoxy) is 2. The Morgan fingerprint density at radius 3 is 2.50 bits per heavy atom. The Morgan fingerprint density at radius 2 is 1.71 bits per heavy atom. The molecule has 2 heterocycles. The molecule has 34 heavy (non-hydrogen) atoms. The summed E-state index contributed by atoms with van der Waals surface area (Å²) in [6, 6.07) is 15.1. The number of amides is 1. The van der Waals surface area contributed by atoms with Crippen LogP contribution < -0.4 is 20.3 Å². The lowest BCUT2D eigenvalue weighted by Gasteiger charge is -2.13. The lowest BCUT2D eigenvalue weighted by atomic mass is 10.0. The van der Waals surface area contributed by atoms with E-state index in [1.165, 1.54) is 6.07 Å². The highest BCUT2D eigenvalue weighted by molar-refractivity contribution is 5.94. The first-order chi connectivity index (χ1) is 16.5. The summed E-state index contributed by atoms with van der Waals surface area (Å²) in [6.07, 6.45) is 0.757. The summed E-state index contributed by atoms with van der Waals surface area (Å²) in [4.78, 5) is 25.8. The van der Waals surface area contributed by atoms with Crippen molar-refractivity contribution in [3.05, 3.63) is 82.7 Å². The zero-order valence-electron chi connectivity index (χ0n) is 17.9. The Hall–Kier alpha value is -4.27. The van der Waals surface area contributed by atoms with Crippen LogP contribution in [0.3, 0.4) is 0 Å². The molecule has 1 aliphatic rings. The topological polar surface area (TPSA) is 82.5 Å². The third kappa shape index (κ3) is 4.19. The number of hydrogen-bond donors (Lipinski definition) is 1. The number of carbonyl (C=O) groups excluding carboxylic acids is 1. The van der Waals surface area contributed by atoms with Crippen LogP contribution in [0.1, 0.15) is 6.42 Å². The first-order valence-corrected chi connectivity index (χ1v) is 10.6. The lowest BCUT2D eigenvalue weighted by molar-refractivity contribution is -0.117. The minimum atomic E-state index is -1.03. The Bertz CT molecular complexity index is 1470. The highest BCUT2D eigenvalue weighted by atomic mass is 19.2. The largest absolute Gasteiger partial charge is 0.490 e. The van der Waals surface area contributed by atoms with Crippen molar-refractivity contribution in [2.75, 3.05) is 18.5 Å². The Labute approximate surface area is 192 Å². The van der Waals surface area contributed by atoms with Crippen LogP contribution in [0.2, 0.25) is 0 Å². The van der Waals surface area contributed by atoms with Gasteiger partial charge in [0.15, 0.2) is 23.1 Å². The molecule has 0 radical (unpaired) electrons.